The van der Waals surface area contributed by atoms with Gasteiger partial charge in [0.2, 0.25) is 11.8 Å². The van der Waals surface area contributed by atoms with Gasteiger partial charge in [0.25, 0.3) is 0 Å². The van der Waals surface area contributed by atoms with Crippen molar-refractivity contribution in [1.82, 2.24) is 24.9 Å². The van der Waals surface area contributed by atoms with Crippen LogP contribution in [0.25, 0.3) is 10.9 Å². The largest absolute Gasteiger partial charge is 0.481 e. The summed E-state index contributed by atoms with van der Waals surface area (Å²) in [6.45, 7) is 4.42. The van der Waals surface area contributed by atoms with Gasteiger partial charge in [0.05, 0.1) is 29.5 Å². The van der Waals surface area contributed by atoms with E-state index in [9.17, 15) is 9.90 Å². The Hall–Kier alpha value is -2.71. The predicted octanol–water partition coefficient (Wildman–Crippen LogP) is 2.30. The molecule has 1 N–H and O–H groups in total. The molecule has 1 fully saturated rings. The molecule has 158 valence electrons. The summed E-state index contributed by atoms with van der Waals surface area (Å²) >= 11 is 6.71. The normalized spacial score (nSPS) is 16.4. The number of methoxy groups -OCH3 is 1. The number of nitrogens with zero attached hydrogens (tertiary/aromatic N) is 5. The molecule has 0 radical (unpaired) electrons. The fourth-order valence-corrected chi connectivity index (χ4v) is 4.55. The van der Waals surface area contributed by atoms with Gasteiger partial charge in [-0.3, -0.25) is 4.79 Å². The lowest BCUT2D eigenvalue weighted by Crippen LogP contribution is -2.58. The van der Waals surface area contributed by atoms with E-state index in [4.69, 9.17) is 16.3 Å². The zero-order valence-electron chi connectivity index (χ0n) is 17.4. The zero-order valence-corrected chi connectivity index (χ0v) is 18.1. The van der Waals surface area contributed by atoms with Crippen LogP contribution in [0, 0.1) is 5.92 Å². The van der Waals surface area contributed by atoms with Crippen LogP contribution in [-0.4, -0.2) is 56.1 Å². The molecule has 9 heteroatoms. The van der Waals surface area contributed by atoms with Gasteiger partial charge in [0.15, 0.2) is 0 Å². The first-order valence-corrected chi connectivity index (χ1v) is 10.2. The van der Waals surface area contributed by atoms with Crippen LogP contribution in [-0.2, 0) is 23.9 Å². The van der Waals surface area contributed by atoms with Crippen molar-refractivity contribution in [2.24, 2.45) is 13.0 Å². The van der Waals surface area contributed by atoms with Gasteiger partial charge in [0.1, 0.15) is 5.60 Å². The second-order valence-electron chi connectivity index (χ2n) is 7.63. The average molecular weight is 430 g/mol. The molecular formula is C21H24ClN5O3. The number of halogens is 1. The van der Waals surface area contributed by atoms with E-state index in [1.807, 2.05) is 25.1 Å². The maximum atomic E-state index is 12.0. The molecule has 0 saturated carbocycles. The van der Waals surface area contributed by atoms with E-state index in [0.717, 1.165) is 10.9 Å². The van der Waals surface area contributed by atoms with Gasteiger partial charge in [-0.1, -0.05) is 29.8 Å². The number of benzene rings is 1. The number of aromatic nitrogens is 4. The number of fused-ring (bicyclic) bond motifs is 1. The summed E-state index contributed by atoms with van der Waals surface area (Å²) in [5.41, 5.74) is 1.34. The number of hydrogen-bond donors (Lipinski definition) is 1. The molecule has 2 aromatic heterocycles. The highest BCUT2D eigenvalue weighted by Gasteiger charge is 2.49. The highest BCUT2D eigenvalue weighted by Crippen LogP contribution is 2.43. The summed E-state index contributed by atoms with van der Waals surface area (Å²) in [6, 6.07) is 5.53. The Morgan fingerprint density at radius 3 is 2.70 bits per heavy atom. The molecule has 3 heterocycles. The number of carbonyl (C=O) groups excluding carboxylic acids is 1. The standard InChI is InChI=1S/C21H24ClN5O3/c1-5-15-19(22)16-8-13(6-7-17(16)24-20(15)30-4)21(29,18-9-23-25-26(18)3)14-10-27(11-14)12(2)28/h6-9,14,29H,5,10-11H2,1-4H3. The zero-order chi connectivity index (χ0) is 21.6. The second-order valence-corrected chi connectivity index (χ2v) is 8.01. The molecule has 4 rings (SSSR count). The van der Waals surface area contributed by atoms with Crippen molar-refractivity contribution >= 4 is 28.4 Å². The molecule has 1 saturated heterocycles. The van der Waals surface area contributed by atoms with Gasteiger partial charge in [-0.2, -0.15) is 0 Å². The van der Waals surface area contributed by atoms with Crippen LogP contribution in [0.1, 0.15) is 30.7 Å². The number of aliphatic hydroxyl groups is 1. The Balaban J connectivity index is 1.88. The molecule has 0 aliphatic carbocycles. The topological polar surface area (TPSA) is 93.4 Å². The summed E-state index contributed by atoms with van der Waals surface area (Å²) in [5, 5.41) is 21.3. The van der Waals surface area contributed by atoms with Crippen LogP contribution in [0.5, 0.6) is 5.88 Å². The molecule has 1 aliphatic rings. The van der Waals surface area contributed by atoms with E-state index >= 15 is 0 Å². The Bertz CT molecular complexity index is 1130. The van der Waals surface area contributed by atoms with Gasteiger partial charge < -0.3 is 14.7 Å². The number of aryl methyl sites for hydroxylation is 1. The number of amides is 1. The Labute approximate surface area is 179 Å². The third kappa shape index (κ3) is 3.02. The van der Waals surface area contributed by atoms with Crippen molar-refractivity contribution in [2.45, 2.75) is 25.9 Å². The molecule has 30 heavy (non-hydrogen) atoms. The van der Waals surface area contributed by atoms with Crippen molar-refractivity contribution < 1.29 is 14.6 Å². The van der Waals surface area contributed by atoms with Gasteiger partial charge in [-0.25, -0.2) is 9.67 Å². The molecule has 1 aromatic carbocycles. The summed E-state index contributed by atoms with van der Waals surface area (Å²) in [6.07, 6.45) is 2.23. The molecular weight excluding hydrogens is 406 g/mol. The molecule has 0 spiro atoms. The minimum atomic E-state index is -1.38. The van der Waals surface area contributed by atoms with Crippen molar-refractivity contribution in [3.8, 4) is 5.88 Å². The molecule has 1 atom stereocenters. The van der Waals surface area contributed by atoms with Gasteiger partial charge in [0, 0.05) is 43.9 Å². The smallest absolute Gasteiger partial charge is 0.219 e. The average Bonchev–Trinajstić information content (AvgIpc) is 3.12. The first kappa shape index (κ1) is 20.6. The SMILES string of the molecule is CCc1c(OC)nc2ccc(C(O)(c3cnnn3C)C3CN(C(C)=O)C3)cc2c1Cl. The van der Waals surface area contributed by atoms with Crippen LogP contribution >= 0.6 is 11.6 Å². The molecule has 1 unspecified atom stereocenters. The summed E-state index contributed by atoms with van der Waals surface area (Å²) < 4.78 is 6.96. The summed E-state index contributed by atoms with van der Waals surface area (Å²) in [5.74, 6) is 0.291. The lowest BCUT2D eigenvalue weighted by molar-refractivity contribution is -0.142. The maximum absolute atomic E-state index is 12.0. The molecule has 8 nitrogen and oxygen atoms in total. The lowest BCUT2D eigenvalue weighted by Gasteiger charge is -2.47. The predicted molar refractivity (Wildman–Crippen MR) is 112 cm³/mol. The lowest BCUT2D eigenvalue weighted by atomic mass is 9.74. The van der Waals surface area contributed by atoms with Gasteiger partial charge in [-0.05, 0) is 24.1 Å². The van der Waals surface area contributed by atoms with E-state index in [0.29, 0.717) is 47.2 Å². The van der Waals surface area contributed by atoms with Crippen LogP contribution in [0.2, 0.25) is 5.02 Å². The molecule has 1 amide bonds. The number of pyridine rings is 1. The number of hydrogen-bond acceptors (Lipinski definition) is 6. The van der Waals surface area contributed by atoms with Gasteiger partial charge in [-0.15, -0.1) is 5.10 Å². The van der Waals surface area contributed by atoms with Gasteiger partial charge >= 0.3 is 0 Å². The van der Waals surface area contributed by atoms with Crippen LogP contribution in [0.15, 0.2) is 24.4 Å². The monoisotopic (exact) mass is 429 g/mol. The Kier molecular flexibility index (Phi) is 5.15. The van der Waals surface area contributed by atoms with Crippen LogP contribution in [0.3, 0.4) is 0 Å². The third-order valence-electron chi connectivity index (χ3n) is 5.99. The fraction of sp³-hybridized carbons (Fsp3) is 0.429. The number of rotatable bonds is 5. The van der Waals surface area contributed by atoms with Crippen LogP contribution < -0.4 is 4.74 Å². The number of ether oxygens (including phenoxy) is 1. The van der Waals surface area contributed by atoms with Crippen molar-refractivity contribution in [1.29, 1.82) is 0 Å². The highest BCUT2D eigenvalue weighted by molar-refractivity contribution is 6.36. The number of likely N-dealkylation sites (tertiary alicyclic amines) is 1. The summed E-state index contributed by atoms with van der Waals surface area (Å²) in [4.78, 5) is 18.0. The molecule has 3 aromatic rings. The molecule has 0 bridgehead atoms. The minimum absolute atomic E-state index is 0.0119. The fourth-order valence-electron chi connectivity index (χ4n) is 4.18. The quantitative estimate of drug-likeness (QED) is 0.668. The number of carbonyl (C=O) groups is 1. The van der Waals surface area contributed by atoms with E-state index in [1.165, 1.54) is 6.92 Å². The van der Waals surface area contributed by atoms with Crippen molar-refractivity contribution in [3.05, 3.63) is 46.2 Å². The third-order valence-corrected chi connectivity index (χ3v) is 6.42. The van der Waals surface area contributed by atoms with E-state index in [1.54, 1.807) is 29.9 Å². The van der Waals surface area contributed by atoms with E-state index in [-0.39, 0.29) is 11.8 Å². The Morgan fingerprint density at radius 2 is 2.13 bits per heavy atom. The van der Waals surface area contributed by atoms with E-state index < -0.39 is 5.60 Å². The first-order valence-electron chi connectivity index (χ1n) is 9.80. The van der Waals surface area contributed by atoms with E-state index in [2.05, 4.69) is 15.3 Å². The van der Waals surface area contributed by atoms with Crippen molar-refractivity contribution in [3.63, 3.8) is 0 Å². The molecule has 1 aliphatic heterocycles. The maximum Gasteiger partial charge on any atom is 0.219 e. The van der Waals surface area contributed by atoms with Crippen LogP contribution in [0.4, 0.5) is 0 Å². The summed E-state index contributed by atoms with van der Waals surface area (Å²) in [7, 11) is 3.31. The van der Waals surface area contributed by atoms with Crippen molar-refractivity contribution in [2.75, 3.05) is 20.2 Å². The first-order chi connectivity index (χ1) is 14.3. The highest BCUT2D eigenvalue weighted by atomic mass is 35.5. The minimum Gasteiger partial charge on any atom is -0.481 e. The Morgan fingerprint density at radius 1 is 1.40 bits per heavy atom. The second kappa shape index (κ2) is 7.52.